The van der Waals surface area contributed by atoms with Crippen LogP contribution in [0.25, 0.3) is 0 Å². The lowest BCUT2D eigenvalue weighted by atomic mass is 9.87. The third-order valence-electron chi connectivity index (χ3n) is 3.79. The summed E-state index contributed by atoms with van der Waals surface area (Å²) in [5, 5.41) is 3.26. The molecule has 2 heterocycles. The summed E-state index contributed by atoms with van der Waals surface area (Å²) in [5.41, 5.74) is 2.50. The highest BCUT2D eigenvalue weighted by atomic mass is 16.5. The van der Waals surface area contributed by atoms with E-state index in [-0.39, 0.29) is 6.10 Å². The van der Waals surface area contributed by atoms with Crippen LogP contribution < -0.4 is 5.32 Å². The van der Waals surface area contributed by atoms with Gasteiger partial charge in [0.2, 0.25) is 0 Å². The maximum Gasteiger partial charge on any atom is 0.125 e. The molecule has 0 amide bonds. The number of nitrogens with one attached hydrogen (secondary N) is 1. The molecule has 0 saturated carbocycles. The molecule has 0 aromatic carbocycles. The van der Waals surface area contributed by atoms with E-state index in [9.17, 15) is 0 Å². The van der Waals surface area contributed by atoms with Crippen LogP contribution in [0.2, 0.25) is 0 Å². The molecule has 1 N–H and O–H groups in total. The molecule has 4 nitrogen and oxygen atoms in total. The Hall–Kier alpha value is -1.81. The summed E-state index contributed by atoms with van der Waals surface area (Å²) in [6, 6.07) is 0. The van der Waals surface area contributed by atoms with Crippen molar-refractivity contribution in [1.29, 1.82) is 0 Å². The Balaban J connectivity index is 1.85. The first-order chi connectivity index (χ1) is 9.33. The van der Waals surface area contributed by atoms with Crippen molar-refractivity contribution < 1.29 is 9.47 Å². The van der Waals surface area contributed by atoms with E-state index in [4.69, 9.17) is 9.47 Å². The molecule has 19 heavy (non-hydrogen) atoms. The van der Waals surface area contributed by atoms with E-state index in [0.29, 0.717) is 5.92 Å². The summed E-state index contributed by atoms with van der Waals surface area (Å²) in [6.45, 7) is 0. The largest absolute Gasteiger partial charge is 0.498 e. The van der Waals surface area contributed by atoms with Gasteiger partial charge in [0, 0.05) is 25.4 Å². The number of nitrogens with zero attached hydrogens (tertiary/aromatic N) is 1. The van der Waals surface area contributed by atoms with Gasteiger partial charge in [-0.25, -0.2) is 4.99 Å². The van der Waals surface area contributed by atoms with Crippen LogP contribution in [0.4, 0.5) is 0 Å². The molecule has 100 valence electrons. The topological polar surface area (TPSA) is 42.8 Å². The zero-order chi connectivity index (χ0) is 13.2. The van der Waals surface area contributed by atoms with E-state index in [1.54, 1.807) is 14.2 Å². The van der Waals surface area contributed by atoms with E-state index in [0.717, 1.165) is 24.4 Å². The van der Waals surface area contributed by atoms with E-state index in [1.165, 1.54) is 11.1 Å². The van der Waals surface area contributed by atoms with Crippen LogP contribution in [0.15, 0.2) is 52.5 Å². The molecule has 0 fully saturated rings. The van der Waals surface area contributed by atoms with Gasteiger partial charge in [0.25, 0.3) is 0 Å². The van der Waals surface area contributed by atoms with Crippen molar-refractivity contribution in [1.82, 2.24) is 5.32 Å². The van der Waals surface area contributed by atoms with Crippen LogP contribution >= 0.6 is 0 Å². The van der Waals surface area contributed by atoms with Crippen molar-refractivity contribution >= 4 is 5.84 Å². The number of rotatable bonds is 3. The molecule has 0 aromatic heterocycles. The van der Waals surface area contributed by atoms with Crippen LogP contribution in [0.1, 0.15) is 12.8 Å². The number of methoxy groups -OCH3 is 2. The molecule has 3 aliphatic rings. The molecule has 0 saturated heterocycles. The maximum atomic E-state index is 5.42. The van der Waals surface area contributed by atoms with Gasteiger partial charge in [-0.05, 0) is 30.1 Å². The van der Waals surface area contributed by atoms with Gasteiger partial charge in [-0.1, -0.05) is 12.2 Å². The number of ether oxygens (including phenoxy) is 2. The first-order valence-electron chi connectivity index (χ1n) is 6.51. The molecule has 3 rings (SSSR count). The van der Waals surface area contributed by atoms with Crippen molar-refractivity contribution in [3.05, 3.63) is 47.5 Å². The number of hydrogen-bond donors (Lipinski definition) is 1. The highest BCUT2D eigenvalue weighted by Gasteiger charge is 2.30. The van der Waals surface area contributed by atoms with Crippen LogP contribution in [-0.4, -0.2) is 26.2 Å². The second-order valence-corrected chi connectivity index (χ2v) is 4.80. The molecule has 2 aliphatic heterocycles. The van der Waals surface area contributed by atoms with Crippen LogP contribution in [0.3, 0.4) is 0 Å². The number of aliphatic imine (C=N–C) groups is 1. The minimum absolute atomic E-state index is 0.0306. The standard InChI is InChI=1S/C15H18N2O2/c1-18-13-6-5-10(8-14(13)19-2)12-9-17-15-11(12)4-3-7-16-15/h3,5,7-9,11,13H,4,6H2,1-2H3,(H,16,17). The second kappa shape index (κ2) is 5.05. The second-order valence-electron chi connectivity index (χ2n) is 4.80. The summed E-state index contributed by atoms with van der Waals surface area (Å²) in [7, 11) is 3.40. The fourth-order valence-corrected chi connectivity index (χ4v) is 2.74. The molecule has 4 heteroatoms. The highest BCUT2D eigenvalue weighted by molar-refractivity contribution is 5.93. The Morgan fingerprint density at radius 1 is 1.32 bits per heavy atom. The van der Waals surface area contributed by atoms with Crippen molar-refractivity contribution in [3.63, 3.8) is 0 Å². The van der Waals surface area contributed by atoms with Gasteiger partial charge in [0.05, 0.1) is 7.11 Å². The third-order valence-corrected chi connectivity index (χ3v) is 3.79. The van der Waals surface area contributed by atoms with Gasteiger partial charge in [-0.15, -0.1) is 0 Å². The maximum absolute atomic E-state index is 5.42. The quantitative estimate of drug-likeness (QED) is 0.844. The van der Waals surface area contributed by atoms with Crippen LogP contribution in [0, 0.1) is 5.92 Å². The van der Waals surface area contributed by atoms with E-state index >= 15 is 0 Å². The van der Waals surface area contributed by atoms with Crippen LogP contribution in [0.5, 0.6) is 0 Å². The lowest BCUT2D eigenvalue weighted by Crippen LogP contribution is -2.23. The minimum atomic E-state index is 0.0306. The molecule has 0 aromatic rings. The fraction of sp³-hybridized carbons (Fsp3) is 0.400. The molecule has 2 atom stereocenters. The monoisotopic (exact) mass is 258 g/mol. The smallest absolute Gasteiger partial charge is 0.125 e. The fourth-order valence-electron chi connectivity index (χ4n) is 2.74. The summed E-state index contributed by atoms with van der Waals surface area (Å²) in [5.74, 6) is 2.28. The predicted octanol–water partition coefficient (Wildman–Crippen LogP) is 2.28. The lowest BCUT2D eigenvalue weighted by Gasteiger charge is -2.23. The van der Waals surface area contributed by atoms with Crippen molar-refractivity contribution in [3.8, 4) is 0 Å². The van der Waals surface area contributed by atoms with Gasteiger partial charge < -0.3 is 14.8 Å². The van der Waals surface area contributed by atoms with Crippen molar-refractivity contribution in [2.75, 3.05) is 14.2 Å². The molecule has 1 aliphatic carbocycles. The van der Waals surface area contributed by atoms with Gasteiger partial charge in [-0.2, -0.15) is 0 Å². The molecule has 0 spiro atoms. The molecular weight excluding hydrogens is 240 g/mol. The van der Waals surface area contributed by atoms with Crippen LogP contribution in [-0.2, 0) is 9.47 Å². The van der Waals surface area contributed by atoms with Gasteiger partial charge in [0.15, 0.2) is 0 Å². The predicted molar refractivity (Wildman–Crippen MR) is 74.5 cm³/mol. The Bertz CT molecular complexity index is 526. The Kier molecular flexibility index (Phi) is 3.25. The average Bonchev–Trinajstić information content (AvgIpc) is 2.90. The molecular formula is C15H18N2O2. The van der Waals surface area contributed by atoms with E-state index < -0.39 is 0 Å². The number of fused-ring (bicyclic) bond motifs is 1. The summed E-state index contributed by atoms with van der Waals surface area (Å²) in [4.78, 5) is 4.38. The van der Waals surface area contributed by atoms with Gasteiger partial charge in [0.1, 0.15) is 17.7 Å². The van der Waals surface area contributed by atoms with Crippen molar-refractivity contribution in [2.45, 2.75) is 18.9 Å². The number of amidine groups is 1. The Morgan fingerprint density at radius 3 is 3.00 bits per heavy atom. The average molecular weight is 258 g/mol. The SMILES string of the molecule is COC1=CC(C2=CNC3=NC=CCC23)=CCC1OC. The molecule has 2 unspecified atom stereocenters. The van der Waals surface area contributed by atoms with Gasteiger partial charge in [-0.3, -0.25) is 0 Å². The zero-order valence-corrected chi connectivity index (χ0v) is 11.2. The zero-order valence-electron chi connectivity index (χ0n) is 11.2. The Morgan fingerprint density at radius 2 is 2.21 bits per heavy atom. The van der Waals surface area contributed by atoms with E-state index in [1.807, 2.05) is 6.20 Å². The van der Waals surface area contributed by atoms with Gasteiger partial charge >= 0.3 is 0 Å². The number of allylic oxidation sites excluding steroid dienone is 3. The summed E-state index contributed by atoms with van der Waals surface area (Å²) < 4.78 is 10.8. The lowest BCUT2D eigenvalue weighted by molar-refractivity contribution is 0.0791. The summed E-state index contributed by atoms with van der Waals surface area (Å²) in [6.07, 6.45) is 12.2. The first kappa shape index (κ1) is 12.2. The van der Waals surface area contributed by atoms with Crippen molar-refractivity contribution in [2.24, 2.45) is 10.9 Å². The first-order valence-corrected chi connectivity index (χ1v) is 6.51. The highest BCUT2D eigenvalue weighted by Crippen LogP contribution is 2.34. The number of hydrogen-bond acceptors (Lipinski definition) is 4. The normalized spacial score (nSPS) is 28.7. The Labute approximate surface area is 113 Å². The third kappa shape index (κ3) is 2.12. The minimum Gasteiger partial charge on any atom is -0.498 e. The molecule has 0 radical (unpaired) electrons. The molecule has 0 bridgehead atoms. The summed E-state index contributed by atoms with van der Waals surface area (Å²) >= 11 is 0. The van der Waals surface area contributed by atoms with E-state index in [2.05, 4.69) is 34.7 Å².